The van der Waals surface area contributed by atoms with Crippen molar-refractivity contribution in [2.24, 2.45) is 0 Å². The van der Waals surface area contributed by atoms with Crippen LogP contribution >= 0.6 is 0 Å². The highest BCUT2D eigenvalue weighted by molar-refractivity contribution is 5.58. The number of hydrogen-bond donors (Lipinski definition) is 0. The maximum Gasteiger partial charge on any atom is 0.417 e. The number of halogens is 3. The Hall–Kier alpha value is -2.10. The molecular weight excluding hydrogens is 225 g/mol. The number of nitro benzene ring substituents is 1. The average molecular weight is 230 g/mol. The standard InChI is InChI=1S/C9H5F3N2O2/c1-5-2-3-7(9(10,11)12)6(4-13)8(5)14(15)16/h2-3H,1H3. The molecule has 0 heterocycles. The summed E-state index contributed by atoms with van der Waals surface area (Å²) in [5.74, 6) is 0. The van der Waals surface area contributed by atoms with Crippen molar-refractivity contribution in [3.8, 4) is 6.07 Å². The van der Waals surface area contributed by atoms with Gasteiger partial charge < -0.3 is 0 Å². The van der Waals surface area contributed by atoms with E-state index < -0.39 is 27.9 Å². The van der Waals surface area contributed by atoms with Crippen molar-refractivity contribution < 1.29 is 18.1 Å². The molecule has 0 unspecified atom stereocenters. The molecule has 0 bridgehead atoms. The van der Waals surface area contributed by atoms with E-state index in [9.17, 15) is 23.3 Å². The van der Waals surface area contributed by atoms with Gasteiger partial charge in [0.15, 0.2) is 0 Å². The van der Waals surface area contributed by atoms with Crippen LogP contribution in [-0.2, 0) is 6.18 Å². The van der Waals surface area contributed by atoms with E-state index in [1.54, 1.807) is 0 Å². The predicted molar refractivity (Wildman–Crippen MR) is 47.6 cm³/mol. The fourth-order valence-corrected chi connectivity index (χ4v) is 1.28. The summed E-state index contributed by atoms with van der Waals surface area (Å²) in [7, 11) is 0. The first kappa shape index (κ1) is 12.0. The molecule has 0 aromatic heterocycles. The SMILES string of the molecule is Cc1ccc(C(F)(F)F)c(C#N)c1[N+](=O)[O-]. The zero-order chi connectivity index (χ0) is 12.5. The molecule has 1 rings (SSSR count). The number of nitro groups is 1. The molecule has 0 saturated heterocycles. The van der Waals surface area contributed by atoms with Crippen LogP contribution < -0.4 is 0 Å². The second-order valence-corrected chi connectivity index (χ2v) is 3.02. The largest absolute Gasteiger partial charge is 0.417 e. The molecule has 0 aliphatic heterocycles. The summed E-state index contributed by atoms with van der Waals surface area (Å²) >= 11 is 0. The first-order valence-corrected chi connectivity index (χ1v) is 4.04. The van der Waals surface area contributed by atoms with Gasteiger partial charge in [0, 0.05) is 5.56 Å². The minimum atomic E-state index is -4.77. The third kappa shape index (κ3) is 1.95. The maximum atomic E-state index is 12.4. The van der Waals surface area contributed by atoms with Gasteiger partial charge >= 0.3 is 6.18 Å². The summed E-state index contributed by atoms with van der Waals surface area (Å²) < 4.78 is 37.3. The molecule has 84 valence electrons. The Morgan fingerprint density at radius 1 is 1.44 bits per heavy atom. The Morgan fingerprint density at radius 2 is 2.00 bits per heavy atom. The van der Waals surface area contributed by atoms with Crippen molar-refractivity contribution in [1.29, 1.82) is 5.26 Å². The molecule has 0 fully saturated rings. The Kier molecular flexibility index (Phi) is 2.85. The lowest BCUT2D eigenvalue weighted by atomic mass is 10.0. The Bertz CT molecular complexity index is 489. The Morgan fingerprint density at radius 3 is 2.38 bits per heavy atom. The summed E-state index contributed by atoms with van der Waals surface area (Å²) in [5.41, 5.74) is -3.00. The molecule has 0 atom stereocenters. The van der Waals surface area contributed by atoms with Crippen molar-refractivity contribution in [3.05, 3.63) is 38.9 Å². The van der Waals surface area contributed by atoms with Gasteiger partial charge in [-0.05, 0) is 13.0 Å². The Balaban J connectivity index is 3.64. The van der Waals surface area contributed by atoms with Crippen LogP contribution in [0.15, 0.2) is 12.1 Å². The number of hydrogen-bond acceptors (Lipinski definition) is 3. The molecule has 0 N–H and O–H groups in total. The molecule has 0 amide bonds. The lowest BCUT2D eigenvalue weighted by Gasteiger charge is -2.09. The van der Waals surface area contributed by atoms with Gasteiger partial charge in [0.2, 0.25) is 0 Å². The second-order valence-electron chi connectivity index (χ2n) is 3.02. The van der Waals surface area contributed by atoms with Gasteiger partial charge in [0.05, 0.1) is 10.5 Å². The smallest absolute Gasteiger partial charge is 0.258 e. The number of nitriles is 1. The summed E-state index contributed by atoms with van der Waals surface area (Å²) in [6, 6.07) is 2.87. The molecule has 0 saturated carbocycles. The van der Waals surface area contributed by atoms with E-state index in [0.717, 1.165) is 6.07 Å². The van der Waals surface area contributed by atoms with Gasteiger partial charge in [-0.1, -0.05) is 6.07 Å². The van der Waals surface area contributed by atoms with E-state index >= 15 is 0 Å². The quantitative estimate of drug-likeness (QED) is 0.550. The van der Waals surface area contributed by atoms with E-state index in [1.807, 2.05) is 0 Å². The molecule has 16 heavy (non-hydrogen) atoms. The molecule has 0 radical (unpaired) electrons. The van der Waals surface area contributed by atoms with Crippen LogP contribution in [-0.4, -0.2) is 4.92 Å². The first-order valence-electron chi connectivity index (χ1n) is 4.04. The highest BCUT2D eigenvalue weighted by atomic mass is 19.4. The maximum absolute atomic E-state index is 12.4. The Labute approximate surface area is 88.1 Å². The van der Waals surface area contributed by atoms with E-state index in [4.69, 9.17) is 5.26 Å². The van der Waals surface area contributed by atoms with Gasteiger partial charge in [-0.3, -0.25) is 10.1 Å². The molecule has 0 aliphatic rings. The van der Waals surface area contributed by atoms with Crippen LogP contribution in [0.4, 0.5) is 18.9 Å². The molecular formula is C9H5F3N2O2. The first-order chi connectivity index (χ1) is 7.29. The van der Waals surface area contributed by atoms with Crippen molar-refractivity contribution >= 4 is 5.69 Å². The van der Waals surface area contributed by atoms with E-state index in [-0.39, 0.29) is 5.56 Å². The molecule has 4 nitrogen and oxygen atoms in total. The fraction of sp³-hybridized carbons (Fsp3) is 0.222. The zero-order valence-corrected chi connectivity index (χ0v) is 8.00. The van der Waals surface area contributed by atoms with Crippen LogP contribution in [0.1, 0.15) is 16.7 Å². The topological polar surface area (TPSA) is 66.9 Å². The van der Waals surface area contributed by atoms with Crippen LogP contribution in [0.2, 0.25) is 0 Å². The summed E-state index contributed by atoms with van der Waals surface area (Å²) in [5, 5.41) is 19.1. The highest BCUT2D eigenvalue weighted by Gasteiger charge is 2.37. The number of aryl methyl sites for hydroxylation is 1. The monoisotopic (exact) mass is 230 g/mol. The van der Waals surface area contributed by atoms with Crippen LogP contribution in [0.3, 0.4) is 0 Å². The van der Waals surface area contributed by atoms with Gasteiger partial charge in [-0.2, -0.15) is 18.4 Å². The van der Waals surface area contributed by atoms with Gasteiger partial charge in [0.1, 0.15) is 11.6 Å². The van der Waals surface area contributed by atoms with E-state index in [0.29, 0.717) is 6.07 Å². The van der Waals surface area contributed by atoms with Crippen LogP contribution in [0.5, 0.6) is 0 Å². The van der Waals surface area contributed by atoms with Gasteiger partial charge in [0.25, 0.3) is 5.69 Å². The normalized spacial score (nSPS) is 10.9. The van der Waals surface area contributed by atoms with Gasteiger partial charge in [-0.15, -0.1) is 0 Å². The summed E-state index contributed by atoms with van der Waals surface area (Å²) in [6.45, 7) is 1.28. The van der Waals surface area contributed by atoms with Crippen LogP contribution in [0.25, 0.3) is 0 Å². The third-order valence-corrected chi connectivity index (χ3v) is 1.98. The van der Waals surface area contributed by atoms with E-state index in [2.05, 4.69) is 0 Å². The zero-order valence-electron chi connectivity index (χ0n) is 8.00. The number of nitrogens with zero attached hydrogens (tertiary/aromatic N) is 2. The highest BCUT2D eigenvalue weighted by Crippen LogP contribution is 2.36. The molecule has 7 heteroatoms. The number of benzene rings is 1. The third-order valence-electron chi connectivity index (χ3n) is 1.98. The molecule has 1 aromatic rings. The van der Waals surface area contributed by atoms with Crippen molar-refractivity contribution in [2.75, 3.05) is 0 Å². The summed E-state index contributed by atoms with van der Waals surface area (Å²) in [6.07, 6.45) is -4.77. The lowest BCUT2D eigenvalue weighted by molar-refractivity contribution is -0.385. The average Bonchev–Trinajstić information content (AvgIpc) is 2.14. The number of alkyl halides is 3. The number of rotatable bonds is 1. The molecule has 0 aliphatic carbocycles. The van der Waals surface area contributed by atoms with Gasteiger partial charge in [-0.25, -0.2) is 0 Å². The van der Waals surface area contributed by atoms with Crippen molar-refractivity contribution in [2.45, 2.75) is 13.1 Å². The second kappa shape index (κ2) is 3.81. The van der Waals surface area contributed by atoms with E-state index in [1.165, 1.54) is 13.0 Å². The minimum absolute atomic E-state index is 0.0227. The van der Waals surface area contributed by atoms with Crippen LogP contribution in [0, 0.1) is 28.4 Å². The lowest BCUT2D eigenvalue weighted by Crippen LogP contribution is -2.10. The van der Waals surface area contributed by atoms with Crippen molar-refractivity contribution in [1.82, 2.24) is 0 Å². The molecule has 1 aromatic carbocycles. The predicted octanol–water partition coefficient (Wildman–Crippen LogP) is 2.79. The molecule has 0 spiro atoms. The minimum Gasteiger partial charge on any atom is -0.258 e. The van der Waals surface area contributed by atoms with Crippen molar-refractivity contribution in [3.63, 3.8) is 0 Å². The summed E-state index contributed by atoms with van der Waals surface area (Å²) in [4.78, 5) is 9.58. The fourth-order valence-electron chi connectivity index (χ4n) is 1.28.